The van der Waals surface area contributed by atoms with Crippen molar-refractivity contribution in [3.63, 3.8) is 0 Å². The molecule has 0 radical (unpaired) electrons. The summed E-state index contributed by atoms with van der Waals surface area (Å²) in [5.74, 6) is 0. The van der Waals surface area contributed by atoms with Gasteiger partial charge in [0.05, 0.1) is 13.2 Å². The molecular formula is C14H28O6Si. The first kappa shape index (κ1) is 17.3. The fourth-order valence-corrected chi connectivity index (χ4v) is 5.95. The highest BCUT2D eigenvalue weighted by molar-refractivity contribution is 6.64. The zero-order valence-electron chi connectivity index (χ0n) is 13.4. The third kappa shape index (κ3) is 4.04. The highest BCUT2D eigenvalue weighted by Gasteiger charge is 2.61. The zero-order chi connectivity index (χ0) is 15.2. The van der Waals surface area contributed by atoms with E-state index in [0.29, 0.717) is 19.3 Å². The number of epoxide rings is 1. The summed E-state index contributed by atoms with van der Waals surface area (Å²) in [5, 5.41) is -0.442. The molecule has 2 heterocycles. The number of hydrogen-bond acceptors (Lipinski definition) is 6. The molecule has 2 atom stereocenters. The van der Waals surface area contributed by atoms with Gasteiger partial charge < -0.3 is 27.5 Å². The van der Waals surface area contributed by atoms with E-state index in [9.17, 15) is 0 Å². The molecule has 6 nitrogen and oxygen atoms in total. The third-order valence-corrected chi connectivity index (χ3v) is 7.67. The topological polar surface area (TPSA) is 58.7 Å². The quantitative estimate of drug-likeness (QED) is 0.346. The van der Waals surface area contributed by atoms with E-state index in [-0.39, 0.29) is 0 Å². The minimum atomic E-state index is -2.84. The van der Waals surface area contributed by atoms with Gasteiger partial charge in [-0.25, -0.2) is 0 Å². The van der Waals surface area contributed by atoms with Crippen molar-refractivity contribution in [1.82, 2.24) is 0 Å². The van der Waals surface area contributed by atoms with E-state index in [1.807, 2.05) is 0 Å². The van der Waals surface area contributed by atoms with Crippen LogP contribution < -0.4 is 0 Å². The smallest absolute Gasteiger partial charge is 0.379 e. The van der Waals surface area contributed by atoms with Crippen LogP contribution in [-0.4, -0.2) is 67.9 Å². The molecule has 0 amide bonds. The Labute approximate surface area is 128 Å². The molecule has 0 aromatic rings. The lowest BCUT2D eigenvalue weighted by Gasteiger charge is -2.45. The summed E-state index contributed by atoms with van der Waals surface area (Å²) in [6.07, 6.45) is 5.16. The molecule has 0 bridgehead atoms. The minimum Gasteiger partial charge on any atom is -0.379 e. The molecule has 21 heavy (non-hydrogen) atoms. The Kier molecular flexibility index (Phi) is 6.61. The first-order valence-corrected chi connectivity index (χ1v) is 9.43. The zero-order valence-corrected chi connectivity index (χ0v) is 14.4. The Morgan fingerprint density at radius 1 is 1.14 bits per heavy atom. The molecule has 2 aliphatic rings. The average molecular weight is 320 g/mol. The van der Waals surface area contributed by atoms with Crippen molar-refractivity contribution in [3.05, 3.63) is 0 Å². The van der Waals surface area contributed by atoms with Crippen molar-refractivity contribution < 1.29 is 27.5 Å². The lowest BCUT2D eigenvalue weighted by Crippen LogP contribution is -2.66. The van der Waals surface area contributed by atoms with E-state index in [0.717, 1.165) is 45.3 Å². The monoisotopic (exact) mass is 320 g/mol. The van der Waals surface area contributed by atoms with Crippen LogP contribution >= 0.6 is 0 Å². The van der Waals surface area contributed by atoms with Gasteiger partial charge >= 0.3 is 8.80 Å². The van der Waals surface area contributed by atoms with E-state index in [4.69, 9.17) is 27.5 Å². The molecule has 2 rings (SSSR count). The predicted molar refractivity (Wildman–Crippen MR) is 79.1 cm³/mol. The van der Waals surface area contributed by atoms with Crippen LogP contribution in [0.2, 0.25) is 0 Å². The van der Waals surface area contributed by atoms with Crippen molar-refractivity contribution in [2.45, 2.75) is 43.4 Å². The molecule has 0 N–H and O–H groups in total. The molecule has 7 heteroatoms. The van der Waals surface area contributed by atoms with Gasteiger partial charge in [0, 0.05) is 34.5 Å². The van der Waals surface area contributed by atoms with Gasteiger partial charge in [0.15, 0.2) is 0 Å². The lowest BCUT2D eigenvalue weighted by molar-refractivity contribution is -0.0898. The maximum absolute atomic E-state index is 6.15. The maximum Gasteiger partial charge on any atom is 0.533 e. The van der Waals surface area contributed by atoms with Crippen molar-refractivity contribution in [1.29, 1.82) is 0 Å². The third-order valence-electron chi connectivity index (χ3n) is 4.29. The second-order valence-electron chi connectivity index (χ2n) is 5.60. The maximum atomic E-state index is 6.15. The molecule has 0 aliphatic carbocycles. The molecule has 2 saturated heterocycles. The van der Waals surface area contributed by atoms with E-state index in [2.05, 4.69) is 0 Å². The van der Waals surface area contributed by atoms with Crippen LogP contribution in [0.4, 0.5) is 0 Å². The Morgan fingerprint density at radius 3 is 2.38 bits per heavy atom. The molecule has 0 aromatic heterocycles. The SMILES string of the molecule is CO[Si](OC)(OC)C1(CCCOCC2CO2)CCCCO1. The molecule has 0 aromatic carbocycles. The standard InChI is InChI=1S/C14H28O6Si/c1-15-21(16-2,17-3)14(7-4-5-10-20-14)8-6-9-18-11-13-12-19-13/h13H,4-12H2,1-3H3. The summed E-state index contributed by atoms with van der Waals surface area (Å²) in [5.41, 5.74) is 0. The second-order valence-corrected chi connectivity index (χ2v) is 8.85. The summed E-state index contributed by atoms with van der Waals surface area (Å²) in [6.45, 7) is 2.96. The van der Waals surface area contributed by atoms with Gasteiger partial charge in [0.1, 0.15) is 11.3 Å². The highest BCUT2D eigenvalue weighted by Crippen LogP contribution is 2.39. The van der Waals surface area contributed by atoms with Gasteiger partial charge in [-0.3, -0.25) is 0 Å². The van der Waals surface area contributed by atoms with Crippen LogP contribution in [0.15, 0.2) is 0 Å². The summed E-state index contributed by atoms with van der Waals surface area (Å²) >= 11 is 0. The number of rotatable bonds is 10. The molecule has 124 valence electrons. The number of ether oxygens (including phenoxy) is 3. The largest absolute Gasteiger partial charge is 0.533 e. The van der Waals surface area contributed by atoms with Gasteiger partial charge in [-0.15, -0.1) is 0 Å². The van der Waals surface area contributed by atoms with E-state index in [1.54, 1.807) is 21.3 Å². The summed E-state index contributed by atoms with van der Waals surface area (Å²) in [7, 11) is 2.12. The summed E-state index contributed by atoms with van der Waals surface area (Å²) in [4.78, 5) is 0. The van der Waals surface area contributed by atoms with Crippen LogP contribution in [0.3, 0.4) is 0 Å². The first-order chi connectivity index (χ1) is 10.2. The van der Waals surface area contributed by atoms with E-state index >= 15 is 0 Å². The van der Waals surface area contributed by atoms with Gasteiger partial charge in [-0.1, -0.05) is 0 Å². The molecule has 2 unspecified atom stereocenters. The van der Waals surface area contributed by atoms with Crippen LogP contribution in [0.25, 0.3) is 0 Å². The summed E-state index contributed by atoms with van der Waals surface area (Å²) < 4.78 is 34.0. The molecule has 2 fully saturated rings. The van der Waals surface area contributed by atoms with Crippen molar-refractivity contribution >= 4 is 8.80 Å². The Bertz CT molecular complexity index is 292. The Morgan fingerprint density at radius 2 is 1.86 bits per heavy atom. The lowest BCUT2D eigenvalue weighted by atomic mass is 10.0. The highest BCUT2D eigenvalue weighted by atomic mass is 28.4. The van der Waals surface area contributed by atoms with Gasteiger partial charge in [-0.2, -0.15) is 0 Å². The molecular weight excluding hydrogens is 292 g/mol. The Hall–Kier alpha value is -0.0231. The predicted octanol–water partition coefficient (Wildman–Crippen LogP) is 1.54. The normalized spacial score (nSPS) is 29.6. The molecule has 2 aliphatic heterocycles. The minimum absolute atomic E-state index is 0.315. The molecule has 0 saturated carbocycles. The van der Waals surface area contributed by atoms with Crippen molar-refractivity contribution in [3.8, 4) is 0 Å². The second kappa shape index (κ2) is 8.01. The summed E-state index contributed by atoms with van der Waals surface area (Å²) in [6, 6.07) is 0. The fraction of sp³-hybridized carbons (Fsp3) is 1.00. The average Bonchev–Trinajstić information content (AvgIpc) is 3.34. The number of hydrogen-bond donors (Lipinski definition) is 0. The van der Waals surface area contributed by atoms with Crippen LogP contribution in [0.5, 0.6) is 0 Å². The molecule has 0 spiro atoms. The van der Waals surface area contributed by atoms with Gasteiger partial charge in [0.2, 0.25) is 0 Å². The first-order valence-electron chi connectivity index (χ1n) is 7.71. The van der Waals surface area contributed by atoms with Gasteiger partial charge in [0.25, 0.3) is 0 Å². The van der Waals surface area contributed by atoms with Crippen molar-refractivity contribution in [2.24, 2.45) is 0 Å². The van der Waals surface area contributed by atoms with Crippen LogP contribution in [0.1, 0.15) is 32.1 Å². The van der Waals surface area contributed by atoms with Crippen LogP contribution in [-0.2, 0) is 27.5 Å². The van der Waals surface area contributed by atoms with E-state index in [1.165, 1.54) is 0 Å². The van der Waals surface area contributed by atoms with Gasteiger partial charge in [-0.05, 0) is 32.1 Å². The van der Waals surface area contributed by atoms with E-state index < -0.39 is 14.0 Å². The van der Waals surface area contributed by atoms with Crippen molar-refractivity contribution in [2.75, 3.05) is 47.8 Å². The fourth-order valence-electron chi connectivity index (χ4n) is 3.09. The van der Waals surface area contributed by atoms with Crippen LogP contribution in [0, 0.1) is 0 Å². The Balaban J connectivity index is 1.91.